The van der Waals surface area contributed by atoms with Crippen LogP contribution in [0.4, 0.5) is 5.69 Å². The molecule has 0 saturated carbocycles. The van der Waals surface area contributed by atoms with Crippen LogP contribution in [0.25, 0.3) is 0 Å². The third-order valence-corrected chi connectivity index (χ3v) is 4.02. The summed E-state index contributed by atoms with van der Waals surface area (Å²) in [7, 11) is 2.16. The van der Waals surface area contributed by atoms with Gasteiger partial charge in [-0.1, -0.05) is 30.3 Å². The molecule has 0 aromatic heterocycles. The fraction of sp³-hybridized carbons (Fsp3) is 0.333. The fourth-order valence-corrected chi connectivity index (χ4v) is 2.86. The molecule has 2 aromatic rings. The predicted octanol–water partition coefficient (Wildman–Crippen LogP) is 3.28. The number of anilines is 1. The first kappa shape index (κ1) is 13.2. The molecule has 2 nitrogen and oxygen atoms in total. The van der Waals surface area contributed by atoms with Crippen LogP contribution in [0.15, 0.2) is 42.5 Å². The van der Waals surface area contributed by atoms with Gasteiger partial charge >= 0.3 is 0 Å². The fourth-order valence-electron chi connectivity index (χ4n) is 2.86. The molecule has 1 aliphatic heterocycles. The summed E-state index contributed by atoms with van der Waals surface area (Å²) in [5.41, 5.74) is 6.94. The summed E-state index contributed by atoms with van der Waals surface area (Å²) in [6, 6.07) is 15.6. The van der Waals surface area contributed by atoms with Gasteiger partial charge in [-0.05, 0) is 54.3 Å². The maximum atomic E-state index is 3.45. The van der Waals surface area contributed by atoms with Crippen LogP contribution in [0.1, 0.15) is 22.3 Å². The van der Waals surface area contributed by atoms with Crippen molar-refractivity contribution in [1.29, 1.82) is 0 Å². The molecule has 0 atom stereocenters. The van der Waals surface area contributed by atoms with Gasteiger partial charge < -0.3 is 10.2 Å². The van der Waals surface area contributed by atoms with Gasteiger partial charge in [0.1, 0.15) is 0 Å². The van der Waals surface area contributed by atoms with E-state index in [9.17, 15) is 0 Å². The molecule has 1 heterocycles. The number of benzene rings is 2. The van der Waals surface area contributed by atoms with Crippen molar-refractivity contribution in [2.45, 2.75) is 26.4 Å². The number of aryl methyl sites for hydroxylation is 1. The highest BCUT2D eigenvalue weighted by atomic mass is 15.1. The third kappa shape index (κ3) is 2.86. The number of rotatable bonds is 3. The van der Waals surface area contributed by atoms with Crippen molar-refractivity contribution in [3.8, 4) is 0 Å². The molecule has 0 amide bonds. The summed E-state index contributed by atoms with van der Waals surface area (Å²) in [5, 5.41) is 3.45. The second-order valence-electron chi connectivity index (χ2n) is 5.72. The third-order valence-electron chi connectivity index (χ3n) is 4.02. The summed E-state index contributed by atoms with van der Waals surface area (Å²) in [6.07, 6.45) is 1.16. The zero-order chi connectivity index (χ0) is 13.9. The molecule has 0 unspecified atom stereocenters. The number of nitrogens with zero attached hydrogens (tertiary/aromatic N) is 1. The number of fused-ring (bicyclic) bond motifs is 1. The zero-order valence-electron chi connectivity index (χ0n) is 12.3. The van der Waals surface area contributed by atoms with Crippen molar-refractivity contribution in [2.75, 3.05) is 18.5 Å². The van der Waals surface area contributed by atoms with Gasteiger partial charge in [-0.15, -0.1) is 0 Å². The van der Waals surface area contributed by atoms with E-state index in [-0.39, 0.29) is 0 Å². The molecule has 104 valence electrons. The standard InChI is InChI=1S/C18H22N2/c1-14-4-3-5-18(10-14)20(2)13-15-6-7-16-8-9-19-12-17(16)11-15/h3-7,10-11,19H,8-9,12-13H2,1-2H3. The Bertz CT molecular complexity index is 604. The summed E-state index contributed by atoms with van der Waals surface area (Å²) in [6.45, 7) is 5.21. The summed E-state index contributed by atoms with van der Waals surface area (Å²) >= 11 is 0. The van der Waals surface area contributed by atoms with Gasteiger partial charge in [-0.2, -0.15) is 0 Å². The van der Waals surface area contributed by atoms with Crippen molar-refractivity contribution < 1.29 is 0 Å². The van der Waals surface area contributed by atoms with E-state index in [0.717, 1.165) is 26.1 Å². The molecular weight excluding hydrogens is 244 g/mol. The van der Waals surface area contributed by atoms with Gasteiger partial charge in [0.05, 0.1) is 0 Å². The molecular formula is C18H22N2. The summed E-state index contributed by atoms with van der Waals surface area (Å²) in [5.74, 6) is 0. The Labute approximate surface area is 121 Å². The Kier molecular flexibility index (Phi) is 3.75. The Morgan fingerprint density at radius 3 is 2.85 bits per heavy atom. The Morgan fingerprint density at radius 1 is 1.10 bits per heavy atom. The van der Waals surface area contributed by atoms with Crippen molar-refractivity contribution in [1.82, 2.24) is 5.32 Å². The Balaban J connectivity index is 1.77. The molecule has 2 heteroatoms. The molecule has 1 N–H and O–H groups in total. The highest BCUT2D eigenvalue weighted by molar-refractivity contribution is 5.48. The highest BCUT2D eigenvalue weighted by Gasteiger charge is 2.10. The quantitative estimate of drug-likeness (QED) is 0.917. The molecule has 1 aliphatic rings. The first-order valence-corrected chi connectivity index (χ1v) is 7.31. The van der Waals surface area contributed by atoms with Crippen LogP contribution in [0.5, 0.6) is 0 Å². The first-order valence-electron chi connectivity index (χ1n) is 7.31. The molecule has 0 bridgehead atoms. The van der Waals surface area contributed by atoms with E-state index in [4.69, 9.17) is 0 Å². The van der Waals surface area contributed by atoms with Gasteiger partial charge in [0.25, 0.3) is 0 Å². The van der Waals surface area contributed by atoms with Crippen molar-refractivity contribution >= 4 is 5.69 Å². The minimum Gasteiger partial charge on any atom is -0.370 e. The van der Waals surface area contributed by atoms with E-state index in [2.05, 4.69) is 66.7 Å². The monoisotopic (exact) mass is 266 g/mol. The maximum Gasteiger partial charge on any atom is 0.0426 e. The number of hydrogen-bond donors (Lipinski definition) is 1. The van der Waals surface area contributed by atoms with E-state index in [1.165, 1.54) is 27.9 Å². The van der Waals surface area contributed by atoms with Crippen LogP contribution in [0, 0.1) is 6.92 Å². The number of nitrogens with one attached hydrogen (secondary N) is 1. The largest absolute Gasteiger partial charge is 0.370 e. The molecule has 20 heavy (non-hydrogen) atoms. The molecule has 0 radical (unpaired) electrons. The minimum absolute atomic E-state index is 0.955. The van der Waals surface area contributed by atoms with E-state index < -0.39 is 0 Å². The second kappa shape index (κ2) is 5.68. The van der Waals surface area contributed by atoms with E-state index in [1.54, 1.807) is 0 Å². The van der Waals surface area contributed by atoms with E-state index >= 15 is 0 Å². The van der Waals surface area contributed by atoms with E-state index in [0.29, 0.717) is 0 Å². The number of hydrogen-bond acceptors (Lipinski definition) is 2. The molecule has 2 aromatic carbocycles. The Hall–Kier alpha value is -1.80. The molecule has 0 saturated heterocycles. The topological polar surface area (TPSA) is 15.3 Å². The summed E-state index contributed by atoms with van der Waals surface area (Å²) in [4.78, 5) is 2.31. The van der Waals surface area contributed by atoms with Crippen LogP contribution < -0.4 is 10.2 Å². The molecule has 0 fully saturated rings. The highest BCUT2D eigenvalue weighted by Crippen LogP contribution is 2.20. The predicted molar refractivity (Wildman–Crippen MR) is 85.1 cm³/mol. The van der Waals surface area contributed by atoms with Crippen LogP contribution in [-0.2, 0) is 19.5 Å². The lowest BCUT2D eigenvalue weighted by Crippen LogP contribution is -2.24. The maximum absolute atomic E-state index is 3.45. The summed E-state index contributed by atoms with van der Waals surface area (Å²) < 4.78 is 0. The van der Waals surface area contributed by atoms with Gasteiger partial charge in [0.15, 0.2) is 0 Å². The second-order valence-corrected chi connectivity index (χ2v) is 5.72. The SMILES string of the molecule is Cc1cccc(N(C)Cc2ccc3c(c2)CNCC3)c1. The Morgan fingerprint density at radius 2 is 2.00 bits per heavy atom. The van der Waals surface area contributed by atoms with Crippen LogP contribution in [-0.4, -0.2) is 13.6 Å². The normalized spacial score (nSPS) is 13.9. The van der Waals surface area contributed by atoms with Crippen LogP contribution >= 0.6 is 0 Å². The van der Waals surface area contributed by atoms with Crippen LogP contribution in [0.3, 0.4) is 0 Å². The van der Waals surface area contributed by atoms with Gasteiger partial charge in [-0.3, -0.25) is 0 Å². The smallest absolute Gasteiger partial charge is 0.0426 e. The van der Waals surface area contributed by atoms with E-state index in [1.807, 2.05) is 0 Å². The van der Waals surface area contributed by atoms with Gasteiger partial charge in [-0.25, -0.2) is 0 Å². The van der Waals surface area contributed by atoms with Gasteiger partial charge in [0.2, 0.25) is 0 Å². The van der Waals surface area contributed by atoms with Crippen molar-refractivity contribution in [3.05, 3.63) is 64.7 Å². The van der Waals surface area contributed by atoms with Crippen molar-refractivity contribution in [3.63, 3.8) is 0 Å². The minimum atomic E-state index is 0.955. The lowest BCUT2D eigenvalue weighted by Gasteiger charge is -2.22. The average Bonchev–Trinajstić information content (AvgIpc) is 2.47. The molecule has 0 spiro atoms. The molecule has 0 aliphatic carbocycles. The lowest BCUT2D eigenvalue weighted by atomic mass is 9.98. The van der Waals surface area contributed by atoms with Gasteiger partial charge in [0, 0.05) is 25.8 Å². The zero-order valence-corrected chi connectivity index (χ0v) is 12.3. The van der Waals surface area contributed by atoms with Crippen LogP contribution in [0.2, 0.25) is 0 Å². The lowest BCUT2D eigenvalue weighted by molar-refractivity contribution is 0.642. The molecule has 3 rings (SSSR count). The first-order chi connectivity index (χ1) is 9.72. The average molecular weight is 266 g/mol. The van der Waals surface area contributed by atoms with Crippen molar-refractivity contribution in [2.24, 2.45) is 0 Å².